The van der Waals surface area contributed by atoms with Crippen LogP contribution in [0, 0.1) is 5.92 Å². The highest BCUT2D eigenvalue weighted by atomic mass is 19.4. The Morgan fingerprint density at radius 1 is 1.16 bits per heavy atom. The second-order valence-electron chi connectivity index (χ2n) is 5.23. The smallest absolute Gasteiger partial charge is 0.313 e. The van der Waals surface area contributed by atoms with Gasteiger partial charge in [0.1, 0.15) is 0 Å². The number of aryl methyl sites for hydroxylation is 1. The van der Waals surface area contributed by atoms with E-state index in [2.05, 4.69) is 5.32 Å². The summed E-state index contributed by atoms with van der Waals surface area (Å²) in [6, 6.07) is 9.52. The molecule has 1 saturated heterocycles. The number of rotatable bonds is 4. The molecule has 1 nitrogen and oxygen atoms in total. The minimum absolute atomic E-state index is 0.270. The fraction of sp³-hybridized carbons (Fsp3) is 0.600. The van der Waals surface area contributed by atoms with E-state index < -0.39 is 18.1 Å². The fourth-order valence-corrected chi connectivity index (χ4v) is 2.82. The first-order valence-corrected chi connectivity index (χ1v) is 6.91. The van der Waals surface area contributed by atoms with E-state index in [0.29, 0.717) is 19.4 Å². The van der Waals surface area contributed by atoms with Crippen LogP contribution in [0.5, 0.6) is 0 Å². The maximum Gasteiger partial charge on any atom is 0.393 e. The largest absolute Gasteiger partial charge is 0.393 e. The van der Waals surface area contributed by atoms with Crippen molar-refractivity contribution in [2.45, 2.75) is 44.3 Å². The molecule has 0 bridgehead atoms. The summed E-state index contributed by atoms with van der Waals surface area (Å²) in [5.74, 6) is -1.17. The van der Waals surface area contributed by atoms with E-state index in [1.165, 1.54) is 5.56 Å². The number of hydrogen-bond acceptors (Lipinski definition) is 1. The molecular formula is C15H20F3N. The number of piperidine rings is 1. The van der Waals surface area contributed by atoms with Crippen LogP contribution in [0.4, 0.5) is 13.2 Å². The number of alkyl halides is 3. The summed E-state index contributed by atoms with van der Waals surface area (Å²) in [5, 5.41) is 3.04. The molecule has 19 heavy (non-hydrogen) atoms. The Morgan fingerprint density at radius 3 is 2.58 bits per heavy atom. The van der Waals surface area contributed by atoms with Crippen LogP contribution in [0.15, 0.2) is 30.3 Å². The highest BCUT2D eigenvalue weighted by Crippen LogP contribution is 2.35. The molecule has 1 heterocycles. The number of benzene rings is 1. The first kappa shape index (κ1) is 14.4. The Kier molecular flexibility index (Phi) is 4.86. The minimum Gasteiger partial charge on any atom is -0.313 e. The van der Waals surface area contributed by atoms with Crippen molar-refractivity contribution in [3.8, 4) is 0 Å². The molecule has 4 heteroatoms. The molecular weight excluding hydrogens is 251 g/mol. The van der Waals surface area contributed by atoms with Gasteiger partial charge in [-0.1, -0.05) is 30.3 Å². The van der Waals surface area contributed by atoms with Gasteiger partial charge in [-0.05, 0) is 44.2 Å². The Bertz CT molecular complexity index is 375. The molecule has 1 aromatic carbocycles. The molecule has 1 fully saturated rings. The summed E-state index contributed by atoms with van der Waals surface area (Å²) < 4.78 is 38.7. The summed E-state index contributed by atoms with van der Waals surface area (Å²) in [7, 11) is 0. The Balaban J connectivity index is 1.83. The third-order valence-corrected chi connectivity index (χ3v) is 3.83. The monoisotopic (exact) mass is 271 g/mol. The third kappa shape index (κ3) is 4.23. The van der Waals surface area contributed by atoms with Gasteiger partial charge in [-0.15, -0.1) is 0 Å². The summed E-state index contributed by atoms with van der Waals surface area (Å²) in [6.07, 6.45) is -0.923. The summed E-state index contributed by atoms with van der Waals surface area (Å²) in [5.41, 5.74) is 1.20. The molecule has 2 unspecified atom stereocenters. The minimum atomic E-state index is -4.06. The van der Waals surface area contributed by atoms with Crippen molar-refractivity contribution < 1.29 is 13.2 Å². The van der Waals surface area contributed by atoms with Crippen molar-refractivity contribution in [2.24, 2.45) is 5.92 Å². The van der Waals surface area contributed by atoms with Crippen molar-refractivity contribution in [2.75, 3.05) is 6.54 Å². The molecule has 0 amide bonds. The van der Waals surface area contributed by atoms with Crippen molar-refractivity contribution in [1.29, 1.82) is 0 Å². The lowest BCUT2D eigenvalue weighted by Gasteiger charge is -2.34. The van der Waals surface area contributed by atoms with Crippen molar-refractivity contribution >= 4 is 0 Å². The van der Waals surface area contributed by atoms with E-state index in [9.17, 15) is 13.2 Å². The van der Waals surface area contributed by atoms with Gasteiger partial charge in [-0.2, -0.15) is 13.2 Å². The lowest BCUT2D eigenvalue weighted by Crippen LogP contribution is -2.47. The van der Waals surface area contributed by atoms with Gasteiger partial charge in [0.2, 0.25) is 0 Å². The maximum atomic E-state index is 12.9. The van der Waals surface area contributed by atoms with Gasteiger partial charge in [-0.25, -0.2) is 0 Å². The molecule has 106 valence electrons. The van der Waals surface area contributed by atoms with Gasteiger partial charge in [0, 0.05) is 6.04 Å². The molecule has 2 atom stereocenters. The Labute approximate surface area is 112 Å². The lowest BCUT2D eigenvalue weighted by atomic mass is 9.87. The molecule has 0 saturated carbocycles. The number of nitrogens with one attached hydrogen (secondary N) is 1. The van der Waals surface area contributed by atoms with Gasteiger partial charge in [-0.3, -0.25) is 0 Å². The average molecular weight is 271 g/mol. The van der Waals surface area contributed by atoms with Crippen molar-refractivity contribution in [1.82, 2.24) is 5.32 Å². The van der Waals surface area contributed by atoms with Crippen LogP contribution in [0.25, 0.3) is 0 Å². The molecule has 0 aliphatic carbocycles. The maximum absolute atomic E-state index is 12.9. The highest BCUT2D eigenvalue weighted by molar-refractivity contribution is 5.14. The van der Waals surface area contributed by atoms with E-state index in [1.54, 1.807) is 0 Å². The van der Waals surface area contributed by atoms with Crippen LogP contribution in [0.1, 0.15) is 31.2 Å². The summed E-state index contributed by atoms with van der Waals surface area (Å²) in [6.45, 7) is 0.711. The van der Waals surface area contributed by atoms with Gasteiger partial charge in [0.05, 0.1) is 5.92 Å². The molecule has 1 aromatic rings. The highest BCUT2D eigenvalue weighted by Gasteiger charge is 2.44. The van der Waals surface area contributed by atoms with Gasteiger partial charge in [0.25, 0.3) is 0 Å². The molecule has 1 aliphatic rings. The summed E-state index contributed by atoms with van der Waals surface area (Å²) >= 11 is 0. The molecule has 1 N–H and O–H groups in total. The van der Waals surface area contributed by atoms with Crippen LogP contribution in [-0.2, 0) is 6.42 Å². The normalized spacial score (nSPS) is 24.4. The first-order chi connectivity index (χ1) is 9.07. The summed E-state index contributed by atoms with van der Waals surface area (Å²) in [4.78, 5) is 0. The second-order valence-corrected chi connectivity index (χ2v) is 5.23. The molecule has 1 aliphatic heterocycles. The van der Waals surface area contributed by atoms with Crippen LogP contribution in [-0.4, -0.2) is 18.8 Å². The van der Waals surface area contributed by atoms with Gasteiger partial charge < -0.3 is 5.32 Å². The van der Waals surface area contributed by atoms with E-state index in [1.807, 2.05) is 30.3 Å². The third-order valence-electron chi connectivity index (χ3n) is 3.83. The van der Waals surface area contributed by atoms with E-state index in [-0.39, 0.29) is 6.42 Å². The van der Waals surface area contributed by atoms with Crippen LogP contribution in [0.2, 0.25) is 0 Å². The predicted molar refractivity (Wildman–Crippen MR) is 69.9 cm³/mol. The molecule has 0 spiro atoms. The number of halogens is 3. The quantitative estimate of drug-likeness (QED) is 0.874. The standard InChI is InChI=1S/C15H20F3N/c16-15(17,18)13-9-5-11-19-14(13)10-4-8-12-6-2-1-3-7-12/h1-3,6-7,13-14,19H,4-5,8-11H2. The second kappa shape index (κ2) is 6.42. The molecule has 2 rings (SSSR count). The predicted octanol–water partition coefficient (Wildman–Crippen LogP) is 3.94. The average Bonchev–Trinajstić information content (AvgIpc) is 2.39. The van der Waals surface area contributed by atoms with E-state index >= 15 is 0 Å². The SMILES string of the molecule is FC(F)(F)C1CCCNC1CCCc1ccccc1. The van der Waals surface area contributed by atoms with Crippen molar-refractivity contribution in [3.05, 3.63) is 35.9 Å². The number of hydrogen-bond donors (Lipinski definition) is 1. The van der Waals surface area contributed by atoms with Crippen LogP contribution < -0.4 is 5.32 Å². The zero-order valence-electron chi connectivity index (χ0n) is 10.9. The fourth-order valence-electron chi connectivity index (χ4n) is 2.82. The van der Waals surface area contributed by atoms with Gasteiger partial charge >= 0.3 is 6.18 Å². The zero-order valence-corrected chi connectivity index (χ0v) is 10.9. The first-order valence-electron chi connectivity index (χ1n) is 6.91. The Hall–Kier alpha value is -1.03. The zero-order chi connectivity index (χ0) is 13.7. The Morgan fingerprint density at radius 2 is 1.89 bits per heavy atom. The lowest BCUT2D eigenvalue weighted by molar-refractivity contribution is -0.188. The topological polar surface area (TPSA) is 12.0 Å². The molecule has 0 aromatic heterocycles. The van der Waals surface area contributed by atoms with E-state index in [0.717, 1.165) is 12.8 Å². The van der Waals surface area contributed by atoms with Crippen LogP contribution >= 0.6 is 0 Å². The van der Waals surface area contributed by atoms with Crippen molar-refractivity contribution in [3.63, 3.8) is 0 Å². The van der Waals surface area contributed by atoms with Gasteiger partial charge in [0.15, 0.2) is 0 Å². The molecule has 0 radical (unpaired) electrons. The van der Waals surface area contributed by atoms with E-state index in [4.69, 9.17) is 0 Å². The van der Waals surface area contributed by atoms with Crippen LogP contribution in [0.3, 0.4) is 0 Å².